The molecule has 0 aliphatic heterocycles. The molecule has 2 heterocycles. The van der Waals surface area contributed by atoms with Gasteiger partial charge in [0.05, 0.1) is 10.6 Å². The summed E-state index contributed by atoms with van der Waals surface area (Å²) in [6, 6.07) is 9.65. The van der Waals surface area contributed by atoms with Crippen molar-refractivity contribution in [3.63, 3.8) is 0 Å². The summed E-state index contributed by atoms with van der Waals surface area (Å²) in [7, 11) is 0. The molecule has 1 atom stereocenters. The Balaban J connectivity index is 1.59. The van der Waals surface area contributed by atoms with E-state index < -0.39 is 0 Å². The SMILES string of the molecule is CCN(C(=O)C(C)Sc1nc2sc3c(c2c(=O)[nH]1)CCCC3)c1ccccc1. The number of para-hydroxylation sites is 1. The van der Waals surface area contributed by atoms with Crippen LogP contribution in [-0.4, -0.2) is 27.7 Å². The van der Waals surface area contributed by atoms with Gasteiger partial charge >= 0.3 is 0 Å². The van der Waals surface area contributed by atoms with Crippen LogP contribution >= 0.6 is 23.1 Å². The highest BCUT2D eigenvalue weighted by Gasteiger charge is 2.24. The Labute approximate surface area is 172 Å². The van der Waals surface area contributed by atoms with Crippen molar-refractivity contribution in [2.24, 2.45) is 0 Å². The second-order valence-electron chi connectivity index (χ2n) is 6.94. The quantitative estimate of drug-likeness (QED) is 0.497. The van der Waals surface area contributed by atoms with E-state index in [0.717, 1.165) is 35.2 Å². The molecule has 3 aromatic rings. The number of H-pyrrole nitrogens is 1. The Morgan fingerprint density at radius 2 is 2.04 bits per heavy atom. The molecule has 1 N–H and O–H groups in total. The van der Waals surface area contributed by atoms with E-state index in [2.05, 4.69) is 9.97 Å². The summed E-state index contributed by atoms with van der Waals surface area (Å²) in [6.07, 6.45) is 4.31. The highest BCUT2D eigenvalue weighted by atomic mass is 32.2. The third kappa shape index (κ3) is 3.61. The number of thioether (sulfide) groups is 1. The fraction of sp³-hybridized carbons (Fsp3) is 0.381. The number of carbonyl (C=O) groups is 1. The number of carbonyl (C=O) groups excluding carboxylic acids is 1. The van der Waals surface area contributed by atoms with Gasteiger partial charge in [-0.1, -0.05) is 30.0 Å². The van der Waals surface area contributed by atoms with Crippen LogP contribution in [-0.2, 0) is 17.6 Å². The molecule has 2 aromatic heterocycles. The second kappa shape index (κ2) is 8.09. The standard InChI is InChI=1S/C21H23N3O2S2/c1-3-24(14-9-5-4-6-10-14)20(26)13(2)27-21-22-18(25)17-15-11-7-8-12-16(15)28-19(17)23-21/h4-6,9-10,13H,3,7-8,11-12H2,1-2H3,(H,22,23,25). The minimum absolute atomic E-state index is 0.00641. The molecule has 0 fully saturated rings. The molecular formula is C21H23N3O2S2. The van der Waals surface area contributed by atoms with E-state index in [1.54, 1.807) is 16.2 Å². The third-order valence-corrected chi connectivity index (χ3v) is 7.25. The average molecular weight is 414 g/mol. The van der Waals surface area contributed by atoms with Crippen LogP contribution in [0, 0.1) is 0 Å². The van der Waals surface area contributed by atoms with E-state index in [1.807, 2.05) is 44.2 Å². The van der Waals surface area contributed by atoms with Crippen molar-refractivity contribution in [3.05, 3.63) is 51.1 Å². The first-order chi connectivity index (χ1) is 13.6. The van der Waals surface area contributed by atoms with Crippen molar-refractivity contribution >= 4 is 44.9 Å². The number of aromatic nitrogens is 2. The summed E-state index contributed by atoms with van der Waals surface area (Å²) < 4.78 is 0. The van der Waals surface area contributed by atoms with E-state index in [4.69, 9.17) is 0 Å². The van der Waals surface area contributed by atoms with Crippen LogP contribution in [0.2, 0.25) is 0 Å². The molecule has 0 saturated heterocycles. The number of hydrogen-bond donors (Lipinski definition) is 1. The summed E-state index contributed by atoms with van der Waals surface area (Å²) in [6.45, 7) is 4.42. The maximum atomic E-state index is 13.0. The highest BCUT2D eigenvalue weighted by Crippen LogP contribution is 2.34. The fourth-order valence-electron chi connectivity index (χ4n) is 3.71. The van der Waals surface area contributed by atoms with E-state index in [1.165, 1.54) is 28.6 Å². The van der Waals surface area contributed by atoms with Gasteiger partial charge in [-0.25, -0.2) is 4.98 Å². The summed E-state index contributed by atoms with van der Waals surface area (Å²) >= 11 is 2.95. The lowest BCUT2D eigenvalue weighted by Crippen LogP contribution is -2.36. The molecule has 4 rings (SSSR count). The Bertz CT molecular complexity index is 1060. The topological polar surface area (TPSA) is 66.1 Å². The van der Waals surface area contributed by atoms with Crippen molar-refractivity contribution in [1.29, 1.82) is 0 Å². The zero-order valence-electron chi connectivity index (χ0n) is 16.0. The summed E-state index contributed by atoms with van der Waals surface area (Å²) in [5, 5.41) is 0.916. The van der Waals surface area contributed by atoms with Crippen molar-refractivity contribution in [2.75, 3.05) is 11.4 Å². The number of nitrogens with one attached hydrogen (secondary N) is 1. The lowest BCUT2D eigenvalue weighted by atomic mass is 9.97. The molecule has 1 aromatic carbocycles. The van der Waals surface area contributed by atoms with Gasteiger partial charge in [0.15, 0.2) is 5.16 Å². The molecule has 1 unspecified atom stereocenters. The van der Waals surface area contributed by atoms with E-state index >= 15 is 0 Å². The van der Waals surface area contributed by atoms with Crippen LogP contribution in [0.15, 0.2) is 40.3 Å². The van der Waals surface area contributed by atoms with E-state index in [-0.39, 0.29) is 16.7 Å². The largest absolute Gasteiger partial charge is 0.312 e. The lowest BCUT2D eigenvalue weighted by molar-refractivity contribution is -0.117. The molecule has 146 valence electrons. The van der Waals surface area contributed by atoms with Gasteiger partial charge in [-0.3, -0.25) is 9.59 Å². The minimum Gasteiger partial charge on any atom is -0.312 e. The molecule has 0 bridgehead atoms. The number of hydrogen-bond acceptors (Lipinski definition) is 5. The van der Waals surface area contributed by atoms with E-state index in [0.29, 0.717) is 11.7 Å². The predicted molar refractivity (Wildman–Crippen MR) is 117 cm³/mol. The predicted octanol–water partition coefficient (Wildman–Crippen LogP) is 4.40. The van der Waals surface area contributed by atoms with Gasteiger partial charge < -0.3 is 9.88 Å². The second-order valence-corrected chi connectivity index (χ2v) is 9.35. The Morgan fingerprint density at radius 1 is 1.29 bits per heavy atom. The van der Waals surface area contributed by atoms with Crippen molar-refractivity contribution in [3.8, 4) is 0 Å². The van der Waals surface area contributed by atoms with Crippen LogP contribution in [0.3, 0.4) is 0 Å². The summed E-state index contributed by atoms with van der Waals surface area (Å²) in [5.74, 6) is 0.00641. The van der Waals surface area contributed by atoms with Crippen molar-refractivity contribution in [2.45, 2.75) is 49.9 Å². The Hall–Kier alpha value is -2.12. The first-order valence-electron chi connectivity index (χ1n) is 9.66. The van der Waals surface area contributed by atoms with Gasteiger partial charge in [-0.2, -0.15) is 0 Å². The number of anilines is 1. The molecule has 1 aliphatic rings. The number of nitrogens with zero attached hydrogens (tertiary/aromatic N) is 2. The molecular weight excluding hydrogens is 390 g/mol. The third-order valence-electron chi connectivity index (χ3n) is 5.09. The maximum Gasteiger partial charge on any atom is 0.260 e. The number of thiophene rings is 1. The minimum atomic E-state index is -0.352. The van der Waals surface area contributed by atoms with Gasteiger partial charge in [0.1, 0.15) is 4.83 Å². The average Bonchev–Trinajstić information content (AvgIpc) is 3.08. The van der Waals surface area contributed by atoms with Crippen LogP contribution in [0.1, 0.15) is 37.1 Å². The number of rotatable bonds is 5. The number of fused-ring (bicyclic) bond motifs is 3. The van der Waals surface area contributed by atoms with Crippen molar-refractivity contribution in [1.82, 2.24) is 9.97 Å². The smallest absolute Gasteiger partial charge is 0.260 e. The number of amides is 1. The zero-order chi connectivity index (χ0) is 19.7. The fourth-order valence-corrected chi connectivity index (χ4v) is 5.89. The monoisotopic (exact) mass is 413 g/mol. The molecule has 1 amide bonds. The Kier molecular flexibility index (Phi) is 5.55. The van der Waals surface area contributed by atoms with Gasteiger partial charge in [-0.05, 0) is 57.2 Å². The number of aryl methyl sites for hydroxylation is 2. The Morgan fingerprint density at radius 3 is 2.79 bits per heavy atom. The van der Waals surface area contributed by atoms with Gasteiger partial charge in [-0.15, -0.1) is 11.3 Å². The first kappa shape index (κ1) is 19.2. The summed E-state index contributed by atoms with van der Waals surface area (Å²) in [4.78, 5) is 37.1. The number of aromatic amines is 1. The summed E-state index contributed by atoms with van der Waals surface area (Å²) in [5.41, 5.74) is 1.98. The highest BCUT2D eigenvalue weighted by molar-refractivity contribution is 8.00. The lowest BCUT2D eigenvalue weighted by Gasteiger charge is -2.24. The molecule has 1 aliphatic carbocycles. The number of benzene rings is 1. The molecule has 5 nitrogen and oxygen atoms in total. The first-order valence-corrected chi connectivity index (χ1v) is 11.4. The maximum absolute atomic E-state index is 13.0. The molecule has 28 heavy (non-hydrogen) atoms. The molecule has 0 saturated carbocycles. The zero-order valence-corrected chi connectivity index (χ0v) is 17.7. The van der Waals surface area contributed by atoms with Crippen LogP contribution < -0.4 is 10.5 Å². The molecule has 0 spiro atoms. The van der Waals surface area contributed by atoms with E-state index in [9.17, 15) is 9.59 Å². The van der Waals surface area contributed by atoms with Gasteiger partial charge in [0, 0.05) is 17.1 Å². The molecule has 7 heteroatoms. The van der Waals surface area contributed by atoms with Gasteiger partial charge in [0.2, 0.25) is 5.91 Å². The van der Waals surface area contributed by atoms with Gasteiger partial charge in [0.25, 0.3) is 5.56 Å². The van der Waals surface area contributed by atoms with Crippen molar-refractivity contribution < 1.29 is 4.79 Å². The normalized spacial score (nSPS) is 14.6. The van der Waals surface area contributed by atoms with Crippen LogP contribution in [0.25, 0.3) is 10.2 Å². The van der Waals surface area contributed by atoms with Crippen LogP contribution in [0.4, 0.5) is 5.69 Å². The molecule has 0 radical (unpaired) electrons. The van der Waals surface area contributed by atoms with Crippen LogP contribution in [0.5, 0.6) is 0 Å².